The molecule has 0 aromatic carbocycles. The van der Waals surface area contributed by atoms with Crippen LogP contribution >= 0.6 is 23.5 Å². The van der Waals surface area contributed by atoms with Crippen LogP contribution < -0.4 is 0 Å². The molecule has 4 N–H and O–H groups in total. The lowest BCUT2D eigenvalue weighted by Gasteiger charge is -2.30. The molecule has 12 heteroatoms. The van der Waals surface area contributed by atoms with Gasteiger partial charge in [0.1, 0.15) is 11.5 Å². The molecule has 0 amide bonds. The average Bonchev–Trinajstić information content (AvgIpc) is 3.13. The van der Waals surface area contributed by atoms with Gasteiger partial charge >= 0.3 is 7.60 Å². The maximum atomic E-state index is 12.0. The van der Waals surface area contributed by atoms with Crippen LogP contribution in [-0.4, -0.2) is 44.9 Å². The van der Waals surface area contributed by atoms with Crippen molar-refractivity contribution >= 4 is 29.2 Å². The Morgan fingerprint density at radius 3 is 2.87 bits per heavy atom. The van der Waals surface area contributed by atoms with Crippen LogP contribution in [0.15, 0.2) is 29.1 Å². The van der Waals surface area contributed by atoms with E-state index < -0.39 is 12.9 Å². The summed E-state index contributed by atoms with van der Waals surface area (Å²) in [5.74, 6) is 0.316. The van der Waals surface area contributed by atoms with Gasteiger partial charge in [-0.05, 0) is 22.9 Å². The number of aromatic nitrogens is 6. The van der Waals surface area contributed by atoms with Crippen LogP contribution in [0.1, 0.15) is 17.8 Å². The van der Waals surface area contributed by atoms with Crippen molar-refractivity contribution in [3.8, 4) is 0 Å². The van der Waals surface area contributed by atoms with Crippen LogP contribution in [0, 0.1) is 0 Å². The van der Waals surface area contributed by atoms with Crippen molar-refractivity contribution in [2.24, 2.45) is 0 Å². The molecular weight excluding hydrogens is 391 g/mol. The molecule has 1 unspecified atom stereocenters. The molecule has 3 aromatic heterocycles. The number of H-pyrrole nitrogens is 1. The van der Waals surface area contributed by atoms with E-state index in [4.69, 9.17) is 0 Å². The summed E-state index contributed by atoms with van der Waals surface area (Å²) in [6, 6.07) is 1.58. The van der Waals surface area contributed by atoms with Crippen LogP contribution in [0.3, 0.4) is 0 Å². The molecule has 1 atom stereocenters. The number of hydrogen-bond acceptors (Lipinski definition) is 6. The molecule has 0 saturated heterocycles. The van der Waals surface area contributed by atoms with Gasteiger partial charge in [-0.1, -0.05) is 15.9 Å². The zero-order valence-corrected chi connectivity index (χ0v) is 14.0. The zero-order chi connectivity index (χ0) is 16.7. The fraction of sp³-hybridized carbons (Fsp3) is 0.273. The number of aliphatic hydroxyl groups is 1. The maximum absolute atomic E-state index is 12.0. The molecule has 0 spiro atoms. The van der Waals surface area contributed by atoms with Crippen LogP contribution in [0.2, 0.25) is 0 Å². The number of rotatable bonds is 5. The van der Waals surface area contributed by atoms with Gasteiger partial charge in [0.2, 0.25) is 0 Å². The quantitative estimate of drug-likeness (QED) is 0.452. The Hall–Kier alpha value is -1.65. The number of aromatic amines is 1. The first-order chi connectivity index (χ1) is 10.8. The van der Waals surface area contributed by atoms with Crippen molar-refractivity contribution in [2.75, 3.05) is 0 Å². The monoisotopic (exact) mass is 402 g/mol. The number of aryl methyl sites for hydroxylation is 1. The fourth-order valence-corrected chi connectivity index (χ4v) is 3.93. The van der Waals surface area contributed by atoms with Crippen molar-refractivity contribution in [2.45, 2.75) is 18.2 Å². The number of nitrogens with zero attached hydrogens (tertiary/aromatic N) is 5. The molecular formula is C11H12BrN6O4P. The van der Waals surface area contributed by atoms with Crippen LogP contribution in [0.4, 0.5) is 0 Å². The summed E-state index contributed by atoms with van der Waals surface area (Å²) in [4.78, 5) is 23.5. The van der Waals surface area contributed by atoms with E-state index in [0.29, 0.717) is 15.9 Å². The Morgan fingerprint density at radius 1 is 1.43 bits per heavy atom. The minimum Gasteiger partial charge on any atom is -0.373 e. The van der Waals surface area contributed by atoms with Gasteiger partial charge < -0.3 is 19.3 Å². The minimum absolute atomic E-state index is 0.0585. The summed E-state index contributed by atoms with van der Waals surface area (Å²) < 4.78 is 13.9. The van der Waals surface area contributed by atoms with E-state index in [1.54, 1.807) is 22.9 Å². The van der Waals surface area contributed by atoms with Gasteiger partial charge in [0, 0.05) is 35.0 Å². The Morgan fingerprint density at radius 2 is 2.22 bits per heavy atom. The van der Waals surface area contributed by atoms with Gasteiger partial charge in [-0.3, -0.25) is 4.57 Å². The van der Waals surface area contributed by atoms with Crippen molar-refractivity contribution in [3.05, 3.63) is 40.5 Å². The minimum atomic E-state index is -4.90. The van der Waals surface area contributed by atoms with Crippen molar-refractivity contribution in [3.63, 3.8) is 0 Å². The SMILES string of the molecule is O=P(O)(O)C(O)(CCc1nnn[nH]1)c1cn2ccnc2cc1Br. The highest BCUT2D eigenvalue weighted by Gasteiger charge is 2.48. The van der Waals surface area contributed by atoms with Gasteiger partial charge in [0.25, 0.3) is 0 Å². The highest BCUT2D eigenvalue weighted by molar-refractivity contribution is 9.10. The molecule has 0 radical (unpaired) electrons. The summed E-state index contributed by atoms with van der Waals surface area (Å²) >= 11 is 3.24. The first-order valence-corrected chi connectivity index (χ1v) is 8.85. The Kier molecular flexibility index (Phi) is 4.07. The lowest BCUT2D eigenvalue weighted by Crippen LogP contribution is -2.28. The Labute approximate surface area is 137 Å². The van der Waals surface area contributed by atoms with Gasteiger partial charge in [0.05, 0.1) is 0 Å². The van der Waals surface area contributed by atoms with Crippen molar-refractivity contribution < 1.29 is 19.5 Å². The van der Waals surface area contributed by atoms with E-state index in [1.165, 1.54) is 6.20 Å². The topological polar surface area (TPSA) is 150 Å². The third kappa shape index (κ3) is 2.93. The molecule has 3 aromatic rings. The summed E-state index contributed by atoms with van der Waals surface area (Å²) in [5, 5.41) is 21.3. The number of imidazole rings is 1. The van der Waals surface area contributed by atoms with Crippen LogP contribution in [0.5, 0.6) is 0 Å². The normalized spacial score (nSPS) is 15.0. The number of fused-ring (bicyclic) bond motifs is 1. The van der Waals surface area contributed by atoms with E-state index in [9.17, 15) is 19.5 Å². The second-order valence-corrected chi connectivity index (χ2v) is 7.62. The van der Waals surface area contributed by atoms with E-state index >= 15 is 0 Å². The summed E-state index contributed by atoms with van der Waals surface area (Å²) in [6.45, 7) is 0. The van der Waals surface area contributed by atoms with Gasteiger partial charge in [-0.2, -0.15) is 0 Å². The van der Waals surface area contributed by atoms with E-state index in [2.05, 4.69) is 41.5 Å². The molecule has 122 valence electrons. The van der Waals surface area contributed by atoms with E-state index in [0.717, 1.165) is 0 Å². The third-order valence-corrected chi connectivity index (χ3v) is 5.58. The molecule has 10 nitrogen and oxygen atoms in total. The largest absolute Gasteiger partial charge is 0.373 e. The molecule has 0 aliphatic carbocycles. The number of hydrogen-bond donors (Lipinski definition) is 4. The Bertz CT molecular complexity index is 878. The first-order valence-electron chi connectivity index (χ1n) is 6.44. The smallest absolute Gasteiger partial charge is 0.361 e. The number of halogens is 1. The second-order valence-electron chi connectivity index (χ2n) is 4.94. The molecule has 23 heavy (non-hydrogen) atoms. The van der Waals surface area contributed by atoms with E-state index in [1.807, 2.05) is 0 Å². The fourth-order valence-electron chi connectivity index (χ4n) is 2.25. The Balaban J connectivity index is 2.06. The first kappa shape index (κ1) is 16.2. The summed E-state index contributed by atoms with van der Waals surface area (Å²) in [5.41, 5.74) is 0.636. The molecule has 0 bridgehead atoms. The molecule has 0 aliphatic heterocycles. The van der Waals surface area contributed by atoms with Crippen molar-refractivity contribution in [1.82, 2.24) is 30.0 Å². The predicted molar refractivity (Wildman–Crippen MR) is 81.3 cm³/mol. The molecule has 3 rings (SSSR count). The van der Waals surface area contributed by atoms with Crippen molar-refractivity contribution in [1.29, 1.82) is 0 Å². The molecule has 0 saturated carbocycles. The predicted octanol–water partition coefficient (Wildman–Crippen LogP) is 0.565. The number of pyridine rings is 1. The lowest BCUT2D eigenvalue weighted by atomic mass is 10.1. The van der Waals surface area contributed by atoms with Crippen LogP contribution in [0.25, 0.3) is 5.65 Å². The molecule has 0 aliphatic rings. The summed E-state index contributed by atoms with van der Waals surface area (Å²) in [6.07, 6.45) is 4.38. The average molecular weight is 403 g/mol. The second kappa shape index (κ2) is 5.77. The zero-order valence-electron chi connectivity index (χ0n) is 11.5. The molecule has 0 fully saturated rings. The van der Waals surface area contributed by atoms with E-state index in [-0.39, 0.29) is 18.4 Å². The molecule has 3 heterocycles. The van der Waals surface area contributed by atoms with Gasteiger partial charge in [-0.25, -0.2) is 10.1 Å². The van der Waals surface area contributed by atoms with Gasteiger partial charge in [0.15, 0.2) is 5.34 Å². The number of nitrogens with one attached hydrogen (secondary N) is 1. The highest BCUT2D eigenvalue weighted by atomic mass is 79.9. The standard InChI is InChI=1S/C11H12BrN6O4P/c12-8-5-10-13-3-4-18(10)6-7(8)11(19,23(20,21)22)2-1-9-14-16-17-15-9/h3-6,19H,1-2H2,(H2,20,21,22)(H,14,15,16,17). The maximum Gasteiger partial charge on any atom is 0.361 e. The summed E-state index contributed by atoms with van der Waals surface area (Å²) in [7, 11) is -4.90. The van der Waals surface area contributed by atoms with Crippen LogP contribution in [-0.2, 0) is 16.3 Å². The third-order valence-electron chi connectivity index (χ3n) is 3.49. The van der Waals surface area contributed by atoms with Gasteiger partial charge in [-0.15, -0.1) is 5.10 Å². The highest BCUT2D eigenvalue weighted by Crippen LogP contribution is 2.58. The number of tetrazole rings is 1. The lowest BCUT2D eigenvalue weighted by molar-refractivity contribution is 0.0793.